The zero-order valence-corrected chi connectivity index (χ0v) is 16.9. The van der Waals surface area contributed by atoms with Crippen LogP contribution in [0, 0.1) is 12.8 Å². The zero-order chi connectivity index (χ0) is 20.1. The predicted octanol–water partition coefficient (Wildman–Crippen LogP) is 4.67. The van der Waals surface area contributed by atoms with Gasteiger partial charge in [0.15, 0.2) is 0 Å². The van der Waals surface area contributed by atoms with Gasteiger partial charge in [-0.1, -0.05) is 25.4 Å². The highest BCUT2D eigenvalue weighted by molar-refractivity contribution is 6.31. The molecule has 0 spiro atoms. The highest BCUT2D eigenvalue weighted by Gasteiger charge is 2.15. The van der Waals surface area contributed by atoms with Gasteiger partial charge in [0.25, 0.3) is 0 Å². The minimum Gasteiger partial charge on any atom is -0.394 e. The predicted molar refractivity (Wildman–Crippen MR) is 114 cm³/mol. The molecule has 0 bridgehead atoms. The SMILES string of the molecule is Cc1cc(Nc2cc(-c3cccnc3)nc(N[C@@H](CO)C(C)C)n2)ccc1Cl. The van der Waals surface area contributed by atoms with E-state index < -0.39 is 0 Å². The molecule has 0 aliphatic carbocycles. The number of nitrogens with one attached hydrogen (secondary N) is 2. The maximum Gasteiger partial charge on any atom is 0.225 e. The summed E-state index contributed by atoms with van der Waals surface area (Å²) in [7, 11) is 0. The summed E-state index contributed by atoms with van der Waals surface area (Å²) in [5.41, 5.74) is 3.48. The van der Waals surface area contributed by atoms with Gasteiger partial charge in [-0.2, -0.15) is 4.98 Å². The fourth-order valence-corrected chi connectivity index (χ4v) is 2.81. The first-order valence-electron chi connectivity index (χ1n) is 9.16. The number of rotatable bonds is 7. The van der Waals surface area contributed by atoms with E-state index in [0.29, 0.717) is 11.8 Å². The standard InChI is InChI=1S/C21H24ClN5O/c1-13(2)19(12-28)26-21-25-18(15-5-4-8-23-11-15)10-20(27-21)24-16-6-7-17(22)14(3)9-16/h4-11,13,19,28H,12H2,1-3H3,(H2,24,25,26,27)/t19-/m0/s1. The summed E-state index contributed by atoms with van der Waals surface area (Å²) in [5, 5.41) is 16.9. The van der Waals surface area contributed by atoms with Crippen LogP contribution in [0.5, 0.6) is 0 Å². The van der Waals surface area contributed by atoms with Crippen LogP contribution in [0.25, 0.3) is 11.3 Å². The Morgan fingerprint density at radius 3 is 2.61 bits per heavy atom. The average molecular weight is 398 g/mol. The van der Waals surface area contributed by atoms with Crippen LogP contribution in [0.15, 0.2) is 48.8 Å². The van der Waals surface area contributed by atoms with Gasteiger partial charge in [-0.05, 0) is 48.7 Å². The van der Waals surface area contributed by atoms with Crippen molar-refractivity contribution in [1.29, 1.82) is 0 Å². The summed E-state index contributed by atoms with van der Waals surface area (Å²) in [6, 6.07) is 11.3. The number of nitrogens with zero attached hydrogens (tertiary/aromatic N) is 3. The van der Waals surface area contributed by atoms with Crippen molar-refractivity contribution in [2.24, 2.45) is 5.92 Å². The van der Waals surface area contributed by atoms with E-state index in [9.17, 15) is 5.11 Å². The number of halogens is 1. The maximum atomic E-state index is 9.65. The number of aliphatic hydroxyl groups is 1. The molecule has 6 nitrogen and oxygen atoms in total. The highest BCUT2D eigenvalue weighted by atomic mass is 35.5. The van der Waals surface area contributed by atoms with E-state index in [4.69, 9.17) is 11.6 Å². The van der Waals surface area contributed by atoms with Gasteiger partial charge in [-0.15, -0.1) is 0 Å². The van der Waals surface area contributed by atoms with Crippen molar-refractivity contribution in [2.45, 2.75) is 26.8 Å². The number of anilines is 3. The van der Waals surface area contributed by atoms with Crippen molar-refractivity contribution >= 4 is 29.1 Å². The number of aryl methyl sites for hydroxylation is 1. The van der Waals surface area contributed by atoms with Gasteiger partial charge in [-0.3, -0.25) is 4.98 Å². The second-order valence-electron chi connectivity index (χ2n) is 6.97. The fourth-order valence-electron chi connectivity index (χ4n) is 2.70. The Morgan fingerprint density at radius 2 is 1.96 bits per heavy atom. The van der Waals surface area contributed by atoms with Crippen LogP contribution in [0.3, 0.4) is 0 Å². The van der Waals surface area contributed by atoms with E-state index >= 15 is 0 Å². The lowest BCUT2D eigenvalue weighted by atomic mass is 10.1. The number of benzene rings is 1. The molecule has 2 heterocycles. The monoisotopic (exact) mass is 397 g/mol. The second kappa shape index (κ2) is 8.99. The van der Waals surface area contributed by atoms with E-state index in [1.165, 1.54) is 0 Å². The maximum absolute atomic E-state index is 9.65. The molecular weight excluding hydrogens is 374 g/mol. The molecule has 0 radical (unpaired) electrons. The summed E-state index contributed by atoms with van der Waals surface area (Å²) in [6.07, 6.45) is 3.48. The smallest absolute Gasteiger partial charge is 0.225 e. The van der Waals surface area contributed by atoms with Crippen LogP contribution >= 0.6 is 11.6 Å². The topological polar surface area (TPSA) is 83.0 Å². The lowest BCUT2D eigenvalue weighted by molar-refractivity contribution is 0.248. The Balaban J connectivity index is 1.97. The van der Waals surface area contributed by atoms with Crippen molar-refractivity contribution in [3.05, 3.63) is 59.4 Å². The van der Waals surface area contributed by atoms with Gasteiger partial charge in [0.05, 0.1) is 18.3 Å². The summed E-state index contributed by atoms with van der Waals surface area (Å²) >= 11 is 6.12. The van der Waals surface area contributed by atoms with Gasteiger partial charge < -0.3 is 15.7 Å². The zero-order valence-electron chi connectivity index (χ0n) is 16.1. The summed E-state index contributed by atoms with van der Waals surface area (Å²) in [6.45, 7) is 6.02. The molecule has 0 fully saturated rings. The Hall–Kier alpha value is -2.70. The lowest BCUT2D eigenvalue weighted by Gasteiger charge is -2.20. The Labute approximate surface area is 170 Å². The largest absolute Gasteiger partial charge is 0.394 e. The van der Waals surface area contributed by atoms with Crippen LogP contribution in [0.4, 0.5) is 17.5 Å². The molecule has 0 saturated heterocycles. The molecule has 3 N–H and O–H groups in total. The van der Waals surface area contributed by atoms with Crippen LogP contribution in [0.2, 0.25) is 5.02 Å². The van der Waals surface area contributed by atoms with E-state index in [0.717, 1.165) is 27.5 Å². The van der Waals surface area contributed by atoms with Crippen molar-refractivity contribution in [3.8, 4) is 11.3 Å². The van der Waals surface area contributed by atoms with Crippen molar-refractivity contribution < 1.29 is 5.11 Å². The van der Waals surface area contributed by atoms with Gasteiger partial charge in [0.1, 0.15) is 5.82 Å². The molecule has 146 valence electrons. The molecule has 0 aliphatic rings. The van der Waals surface area contributed by atoms with Crippen molar-refractivity contribution in [3.63, 3.8) is 0 Å². The van der Waals surface area contributed by atoms with Gasteiger partial charge in [-0.25, -0.2) is 4.98 Å². The molecule has 2 aromatic heterocycles. The average Bonchev–Trinajstić information content (AvgIpc) is 2.69. The first-order chi connectivity index (χ1) is 13.5. The van der Waals surface area contributed by atoms with Gasteiger partial charge in [0, 0.05) is 34.7 Å². The second-order valence-corrected chi connectivity index (χ2v) is 7.38. The number of hydrogen-bond acceptors (Lipinski definition) is 6. The molecule has 3 aromatic rings. The third-order valence-electron chi connectivity index (χ3n) is 4.43. The van der Waals surface area contributed by atoms with Crippen LogP contribution in [-0.2, 0) is 0 Å². The molecule has 0 aliphatic heterocycles. The molecule has 3 rings (SSSR count). The Morgan fingerprint density at radius 1 is 1.14 bits per heavy atom. The molecule has 7 heteroatoms. The number of pyridine rings is 1. The molecule has 0 amide bonds. The van der Waals surface area contributed by atoms with E-state index in [1.807, 2.05) is 57.2 Å². The minimum atomic E-state index is -0.144. The van der Waals surface area contributed by atoms with Crippen LogP contribution < -0.4 is 10.6 Å². The quantitative estimate of drug-likeness (QED) is 0.537. The van der Waals surface area contributed by atoms with E-state index in [-0.39, 0.29) is 18.6 Å². The Bertz CT molecular complexity index is 933. The molecular formula is C21H24ClN5O. The number of aromatic nitrogens is 3. The third-order valence-corrected chi connectivity index (χ3v) is 4.85. The molecule has 1 aromatic carbocycles. The number of aliphatic hydroxyl groups excluding tert-OH is 1. The Kier molecular flexibility index (Phi) is 6.44. The van der Waals surface area contributed by atoms with Gasteiger partial charge >= 0.3 is 0 Å². The van der Waals surface area contributed by atoms with Gasteiger partial charge in [0.2, 0.25) is 5.95 Å². The van der Waals surface area contributed by atoms with Crippen molar-refractivity contribution in [1.82, 2.24) is 15.0 Å². The van der Waals surface area contributed by atoms with Crippen LogP contribution in [-0.4, -0.2) is 32.7 Å². The first-order valence-corrected chi connectivity index (χ1v) is 9.54. The normalized spacial score (nSPS) is 12.1. The van der Waals surface area contributed by atoms with Crippen molar-refractivity contribution in [2.75, 3.05) is 17.2 Å². The van der Waals surface area contributed by atoms with Crippen LogP contribution in [0.1, 0.15) is 19.4 Å². The van der Waals surface area contributed by atoms with E-state index in [1.54, 1.807) is 12.4 Å². The molecule has 0 saturated carbocycles. The van der Waals surface area contributed by atoms with E-state index in [2.05, 4.69) is 25.6 Å². The fraction of sp³-hybridized carbons (Fsp3) is 0.286. The molecule has 1 atom stereocenters. The summed E-state index contributed by atoms with van der Waals surface area (Å²) in [5.74, 6) is 1.31. The molecule has 0 unspecified atom stereocenters. The number of hydrogen-bond donors (Lipinski definition) is 3. The highest BCUT2D eigenvalue weighted by Crippen LogP contribution is 2.26. The minimum absolute atomic E-state index is 0.00269. The summed E-state index contributed by atoms with van der Waals surface area (Å²) < 4.78 is 0. The lowest BCUT2D eigenvalue weighted by Crippen LogP contribution is -2.30. The molecule has 28 heavy (non-hydrogen) atoms. The first kappa shape index (κ1) is 20.0. The summed E-state index contributed by atoms with van der Waals surface area (Å²) in [4.78, 5) is 13.4. The third kappa shape index (κ3) is 4.97.